The number of aliphatic hydroxyl groups is 1. The number of nitrogens with one attached hydrogen (secondary N) is 1. The Hall–Kier alpha value is -1.40. The zero-order chi connectivity index (χ0) is 18.0. The average molecular weight is 382 g/mol. The highest BCUT2D eigenvalue weighted by atomic mass is 35.5. The van der Waals surface area contributed by atoms with E-state index in [1.165, 1.54) is 6.07 Å². The number of methoxy groups -OCH3 is 1. The van der Waals surface area contributed by atoms with Crippen LogP contribution >= 0.6 is 23.2 Å². The number of fused-ring (bicyclic) bond motifs is 3. The minimum Gasteiger partial charge on any atom is -0.378 e. The van der Waals surface area contributed by atoms with Crippen LogP contribution in [0.2, 0.25) is 10.0 Å². The Morgan fingerprint density at radius 3 is 2.60 bits per heavy atom. The minimum absolute atomic E-state index is 0.121. The van der Waals surface area contributed by atoms with Gasteiger partial charge in [-0.15, -0.1) is 0 Å². The van der Waals surface area contributed by atoms with Crippen molar-refractivity contribution < 1.29 is 19.4 Å². The molecule has 1 unspecified atom stereocenters. The summed E-state index contributed by atoms with van der Waals surface area (Å²) in [5, 5.41) is 14.0. The molecular formula is C18H17Cl2NO4. The van der Waals surface area contributed by atoms with Crippen molar-refractivity contribution >= 4 is 40.6 Å². The van der Waals surface area contributed by atoms with Crippen LogP contribution in [0.4, 0.5) is 5.69 Å². The van der Waals surface area contributed by atoms with E-state index in [0.717, 1.165) is 24.8 Å². The molecule has 2 N–H and O–H groups in total. The summed E-state index contributed by atoms with van der Waals surface area (Å²) < 4.78 is 5.53. The van der Waals surface area contributed by atoms with Crippen LogP contribution in [-0.2, 0) is 19.9 Å². The maximum atomic E-state index is 12.8. The zero-order valence-electron chi connectivity index (χ0n) is 13.6. The number of Topliss-reactive ketones (excluding diaryl/α,β-unsaturated/α-hetero) is 1. The van der Waals surface area contributed by atoms with E-state index in [1.807, 2.05) is 0 Å². The fourth-order valence-electron chi connectivity index (χ4n) is 4.15. The number of allylic oxidation sites excluding steroid dienone is 1. The number of amides is 1. The summed E-state index contributed by atoms with van der Waals surface area (Å²) in [5.74, 6) is -0.895. The summed E-state index contributed by atoms with van der Waals surface area (Å²) in [6.45, 7) is 0. The lowest BCUT2D eigenvalue weighted by Crippen LogP contribution is -2.46. The molecule has 1 heterocycles. The summed E-state index contributed by atoms with van der Waals surface area (Å²) in [6.07, 6.45) is 2.54. The molecule has 1 aliphatic heterocycles. The van der Waals surface area contributed by atoms with E-state index in [9.17, 15) is 14.7 Å². The van der Waals surface area contributed by atoms with E-state index in [2.05, 4.69) is 5.32 Å². The van der Waals surface area contributed by atoms with Gasteiger partial charge < -0.3 is 15.2 Å². The fourth-order valence-corrected chi connectivity index (χ4v) is 4.66. The number of ketones is 1. The first kappa shape index (κ1) is 17.0. The highest BCUT2D eigenvalue weighted by Crippen LogP contribution is 2.52. The predicted octanol–water partition coefficient (Wildman–Crippen LogP) is 3.36. The number of rotatable bonds is 4. The van der Waals surface area contributed by atoms with Crippen molar-refractivity contribution in [3.63, 3.8) is 0 Å². The second-order valence-electron chi connectivity index (χ2n) is 7.02. The Kier molecular flexibility index (Phi) is 3.78. The Morgan fingerprint density at radius 2 is 2.00 bits per heavy atom. The van der Waals surface area contributed by atoms with Gasteiger partial charge in [0.25, 0.3) is 5.91 Å². The average Bonchev–Trinajstić information content (AvgIpc) is 2.82. The summed E-state index contributed by atoms with van der Waals surface area (Å²) >= 11 is 12.3. The first-order chi connectivity index (χ1) is 11.8. The molecule has 132 valence electrons. The lowest BCUT2D eigenvalue weighted by atomic mass is 9.64. The van der Waals surface area contributed by atoms with Gasteiger partial charge in [0.2, 0.25) is 0 Å². The van der Waals surface area contributed by atoms with Crippen molar-refractivity contribution in [1.29, 1.82) is 0 Å². The van der Waals surface area contributed by atoms with Crippen LogP contribution in [-0.4, -0.2) is 29.5 Å². The van der Waals surface area contributed by atoms with Gasteiger partial charge in [-0.05, 0) is 43.4 Å². The SMILES string of the molecule is COC12CCC(C(=O)CC3(O)C(=O)Nc4c(Cl)ccc(Cl)c43)=C(C1)C2. The van der Waals surface area contributed by atoms with Crippen LogP contribution in [0, 0.1) is 0 Å². The van der Waals surface area contributed by atoms with Crippen LogP contribution < -0.4 is 5.32 Å². The second-order valence-corrected chi connectivity index (χ2v) is 7.83. The molecule has 5 nitrogen and oxygen atoms in total. The van der Waals surface area contributed by atoms with Gasteiger partial charge in [-0.25, -0.2) is 0 Å². The number of carbonyl (C=O) groups is 2. The first-order valence-electron chi connectivity index (χ1n) is 8.11. The van der Waals surface area contributed by atoms with Gasteiger partial charge in [-0.1, -0.05) is 28.8 Å². The fraction of sp³-hybridized carbons (Fsp3) is 0.444. The van der Waals surface area contributed by atoms with E-state index in [-0.39, 0.29) is 39.1 Å². The number of hydrogen-bond acceptors (Lipinski definition) is 4. The summed E-state index contributed by atoms with van der Waals surface area (Å²) in [4.78, 5) is 25.2. The molecule has 2 bridgehead atoms. The molecule has 1 aromatic rings. The highest BCUT2D eigenvalue weighted by molar-refractivity contribution is 6.38. The Labute approximate surface area is 154 Å². The summed E-state index contributed by atoms with van der Waals surface area (Å²) in [5.41, 5.74) is 0.120. The Morgan fingerprint density at radius 1 is 1.32 bits per heavy atom. The van der Waals surface area contributed by atoms with Gasteiger partial charge in [-0.2, -0.15) is 0 Å². The molecule has 5 rings (SSSR count). The van der Waals surface area contributed by atoms with Crippen LogP contribution in [0.15, 0.2) is 23.3 Å². The van der Waals surface area contributed by atoms with Crippen LogP contribution in [0.3, 0.4) is 0 Å². The van der Waals surface area contributed by atoms with Crippen molar-refractivity contribution in [3.8, 4) is 0 Å². The highest BCUT2D eigenvalue weighted by Gasteiger charge is 2.51. The third kappa shape index (κ3) is 2.37. The Balaban J connectivity index is 1.65. The van der Waals surface area contributed by atoms with Gasteiger partial charge in [0, 0.05) is 17.7 Å². The summed E-state index contributed by atoms with van der Waals surface area (Å²) in [7, 11) is 1.69. The molecule has 25 heavy (non-hydrogen) atoms. The van der Waals surface area contributed by atoms with Crippen LogP contribution in [0.5, 0.6) is 0 Å². The molecule has 0 spiro atoms. The number of hydrogen-bond donors (Lipinski definition) is 2. The van der Waals surface area contributed by atoms with E-state index in [0.29, 0.717) is 12.0 Å². The monoisotopic (exact) mass is 381 g/mol. The molecule has 0 aromatic heterocycles. The zero-order valence-corrected chi connectivity index (χ0v) is 15.1. The molecule has 3 aliphatic carbocycles. The number of ether oxygens (including phenoxy) is 1. The molecule has 1 atom stereocenters. The standard InChI is InChI=1S/C18H17Cl2NO4/c1-25-17-5-4-10(9(6-17)7-17)13(22)8-18(24)14-11(19)2-3-12(20)15(14)21-16(18)23/h2-3,24H,4-8H2,1H3,(H,21,23). The van der Waals surface area contributed by atoms with Crippen molar-refractivity contribution in [3.05, 3.63) is 38.9 Å². The summed E-state index contributed by atoms with van der Waals surface area (Å²) in [6, 6.07) is 3.06. The first-order valence-corrected chi connectivity index (χ1v) is 8.87. The molecule has 1 amide bonds. The number of halogens is 2. The maximum absolute atomic E-state index is 12.8. The van der Waals surface area contributed by atoms with E-state index in [4.69, 9.17) is 27.9 Å². The molecule has 1 fully saturated rings. The number of benzene rings is 1. The molecule has 1 saturated carbocycles. The Bertz CT molecular complexity index is 840. The smallest absolute Gasteiger partial charge is 0.261 e. The lowest BCUT2D eigenvalue weighted by Gasteiger charge is -2.48. The van der Waals surface area contributed by atoms with Gasteiger partial charge in [0.15, 0.2) is 11.4 Å². The quantitative estimate of drug-likeness (QED) is 0.838. The number of anilines is 1. The van der Waals surface area contributed by atoms with Gasteiger partial charge in [-0.3, -0.25) is 9.59 Å². The van der Waals surface area contributed by atoms with Gasteiger partial charge >= 0.3 is 0 Å². The van der Waals surface area contributed by atoms with E-state index in [1.54, 1.807) is 13.2 Å². The van der Waals surface area contributed by atoms with E-state index < -0.39 is 11.5 Å². The second kappa shape index (κ2) is 5.55. The number of carbonyl (C=O) groups excluding carboxylic acids is 2. The van der Waals surface area contributed by atoms with E-state index >= 15 is 0 Å². The van der Waals surface area contributed by atoms with Crippen molar-refractivity contribution in [2.75, 3.05) is 12.4 Å². The topological polar surface area (TPSA) is 75.6 Å². The normalized spacial score (nSPS) is 26.2. The lowest BCUT2D eigenvalue weighted by molar-refractivity contribution is -0.139. The van der Waals surface area contributed by atoms with Crippen molar-refractivity contribution in [2.45, 2.75) is 43.3 Å². The van der Waals surface area contributed by atoms with Crippen molar-refractivity contribution in [1.82, 2.24) is 0 Å². The van der Waals surface area contributed by atoms with Gasteiger partial charge in [0.05, 0.1) is 22.7 Å². The molecular weight excluding hydrogens is 365 g/mol. The minimum atomic E-state index is -2.00. The molecule has 4 aliphatic rings. The molecule has 0 radical (unpaired) electrons. The predicted molar refractivity (Wildman–Crippen MR) is 93.8 cm³/mol. The maximum Gasteiger partial charge on any atom is 0.261 e. The molecule has 0 saturated heterocycles. The molecule has 1 aromatic carbocycles. The largest absolute Gasteiger partial charge is 0.378 e. The van der Waals surface area contributed by atoms with Gasteiger partial charge in [0.1, 0.15) is 0 Å². The third-order valence-corrected chi connectivity index (χ3v) is 6.28. The van der Waals surface area contributed by atoms with Crippen LogP contribution in [0.1, 0.15) is 37.7 Å². The van der Waals surface area contributed by atoms with Crippen molar-refractivity contribution in [2.24, 2.45) is 0 Å². The third-order valence-electron chi connectivity index (χ3n) is 5.65. The molecule has 7 heteroatoms. The van der Waals surface area contributed by atoms with Crippen LogP contribution in [0.25, 0.3) is 0 Å².